The van der Waals surface area contributed by atoms with Crippen molar-refractivity contribution in [3.8, 4) is 0 Å². The van der Waals surface area contributed by atoms with E-state index < -0.39 is 5.97 Å². The van der Waals surface area contributed by atoms with Crippen LogP contribution in [-0.4, -0.2) is 32.9 Å². The molecule has 0 aliphatic rings. The molecule has 0 saturated carbocycles. The van der Waals surface area contributed by atoms with Crippen molar-refractivity contribution in [1.29, 1.82) is 0 Å². The highest BCUT2D eigenvalue weighted by atomic mass is 32.2. The molecule has 1 amide bonds. The first-order chi connectivity index (χ1) is 9.97. The molecule has 1 aromatic carbocycles. The fourth-order valence-corrected chi connectivity index (χ4v) is 2.45. The number of nitrogens with zero attached hydrogens (tertiary/aromatic N) is 1. The SMILES string of the molecule is Cc1n[nH]c(C)c1NC(=O)CSc1ccc(C(=O)O)cc1. The molecule has 0 saturated heterocycles. The predicted octanol–water partition coefficient (Wildman–Crippen LogP) is 2.46. The van der Waals surface area contributed by atoms with E-state index in [9.17, 15) is 9.59 Å². The molecule has 1 heterocycles. The third-order valence-electron chi connectivity index (χ3n) is 2.86. The van der Waals surface area contributed by atoms with Crippen LogP contribution in [0.1, 0.15) is 21.7 Å². The Morgan fingerprint density at radius 2 is 1.95 bits per heavy atom. The first-order valence-electron chi connectivity index (χ1n) is 6.25. The molecule has 21 heavy (non-hydrogen) atoms. The number of hydrogen-bond donors (Lipinski definition) is 3. The average molecular weight is 305 g/mol. The molecule has 0 spiro atoms. The topological polar surface area (TPSA) is 95.1 Å². The minimum Gasteiger partial charge on any atom is -0.478 e. The highest BCUT2D eigenvalue weighted by molar-refractivity contribution is 8.00. The molecule has 0 fully saturated rings. The van der Waals surface area contributed by atoms with Crippen LogP contribution in [0.15, 0.2) is 29.2 Å². The molecular formula is C14H15N3O3S. The predicted molar refractivity (Wildman–Crippen MR) is 80.8 cm³/mol. The standard InChI is InChI=1S/C14H15N3O3S/c1-8-13(9(2)17-16-8)15-12(18)7-21-11-5-3-10(4-6-11)14(19)20/h3-6H,7H2,1-2H3,(H,15,18)(H,16,17)(H,19,20). The monoisotopic (exact) mass is 305 g/mol. The molecule has 110 valence electrons. The summed E-state index contributed by atoms with van der Waals surface area (Å²) in [5.74, 6) is -0.846. The van der Waals surface area contributed by atoms with Gasteiger partial charge in [0.1, 0.15) is 0 Å². The minimum absolute atomic E-state index is 0.130. The molecule has 6 nitrogen and oxygen atoms in total. The Labute approximate surface area is 126 Å². The summed E-state index contributed by atoms with van der Waals surface area (Å²) in [6, 6.07) is 6.42. The van der Waals surface area contributed by atoms with Crippen molar-refractivity contribution in [3.05, 3.63) is 41.2 Å². The Kier molecular flexibility index (Phi) is 4.64. The smallest absolute Gasteiger partial charge is 0.335 e. The number of amides is 1. The van der Waals surface area contributed by atoms with E-state index in [2.05, 4.69) is 15.5 Å². The number of aryl methyl sites for hydroxylation is 2. The van der Waals surface area contributed by atoms with Crippen LogP contribution in [-0.2, 0) is 4.79 Å². The lowest BCUT2D eigenvalue weighted by Crippen LogP contribution is -2.15. The summed E-state index contributed by atoms with van der Waals surface area (Å²) in [5, 5.41) is 18.4. The quantitative estimate of drug-likeness (QED) is 0.738. The molecule has 0 unspecified atom stereocenters. The van der Waals surface area contributed by atoms with Crippen molar-refractivity contribution >= 4 is 29.3 Å². The number of H-pyrrole nitrogens is 1. The average Bonchev–Trinajstić information content (AvgIpc) is 2.77. The summed E-state index contributed by atoms with van der Waals surface area (Å²) >= 11 is 1.35. The lowest BCUT2D eigenvalue weighted by molar-refractivity contribution is -0.113. The number of benzene rings is 1. The number of carbonyl (C=O) groups is 2. The van der Waals surface area contributed by atoms with Crippen LogP contribution < -0.4 is 5.32 Å². The minimum atomic E-state index is -0.963. The molecule has 2 rings (SSSR count). The van der Waals surface area contributed by atoms with Crippen LogP contribution in [0, 0.1) is 13.8 Å². The van der Waals surface area contributed by atoms with Crippen molar-refractivity contribution in [3.63, 3.8) is 0 Å². The number of carbonyl (C=O) groups excluding carboxylic acids is 1. The lowest BCUT2D eigenvalue weighted by Gasteiger charge is -2.05. The second-order valence-corrected chi connectivity index (χ2v) is 5.52. The number of aromatic nitrogens is 2. The molecule has 0 aliphatic heterocycles. The Balaban J connectivity index is 1.91. The van der Waals surface area contributed by atoms with Crippen LogP contribution in [0.4, 0.5) is 5.69 Å². The first-order valence-corrected chi connectivity index (χ1v) is 7.23. The lowest BCUT2D eigenvalue weighted by atomic mass is 10.2. The summed E-state index contributed by atoms with van der Waals surface area (Å²) in [6.07, 6.45) is 0. The van der Waals surface area contributed by atoms with Crippen molar-refractivity contribution in [2.24, 2.45) is 0 Å². The molecule has 2 aromatic rings. The molecule has 0 bridgehead atoms. The van der Waals surface area contributed by atoms with Gasteiger partial charge in [-0.2, -0.15) is 5.10 Å². The maximum Gasteiger partial charge on any atom is 0.335 e. The fourth-order valence-electron chi connectivity index (χ4n) is 1.75. The number of nitrogens with one attached hydrogen (secondary N) is 2. The molecule has 1 aromatic heterocycles. The maximum absolute atomic E-state index is 11.9. The molecule has 3 N–H and O–H groups in total. The van der Waals surface area contributed by atoms with Gasteiger partial charge in [0.15, 0.2) is 0 Å². The fraction of sp³-hybridized carbons (Fsp3) is 0.214. The van der Waals surface area contributed by atoms with Crippen LogP contribution in [0.25, 0.3) is 0 Å². The van der Waals surface area contributed by atoms with E-state index in [4.69, 9.17) is 5.11 Å². The van der Waals surface area contributed by atoms with Gasteiger partial charge in [-0.25, -0.2) is 4.79 Å². The highest BCUT2D eigenvalue weighted by Gasteiger charge is 2.10. The number of rotatable bonds is 5. The number of thioether (sulfide) groups is 1. The zero-order chi connectivity index (χ0) is 15.4. The van der Waals surface area contributed by atoms with Gasteiger partial charge >= 0.3 is 5.97 Å². The van der Waals surface area contributed by atoms with Crippen molar-refractivity contribution in [2.75, 3.05) is 11.1 Å². The first kappa shape index (κ1) is 15.1. The maximum atomic E-state index is 11.9. The van der Waals surface area contributed by atoms with Gasteiger partial charge in [-0.1, -0.05) is 0 Å². The zero-order valence-corrected chi connectivity index (χ0v) is 12.5. The number of aromatic carboxylic acids is 1. The van der Waals surface area contributed by atoms with Gasteiger partial charge in [-0.3, -0.25) is 9.89 Å². The number of carboxylic acids is 1. The van der Waals surface area contributed by atoms with E-state index >= 15 is 0 Å². The van der Waals surface area contributed by atoms with E-state index in [1.54, 1.807) is 12.1 Å². The number of anilines is 1. The van der Waals surface area contributed by atoms with Crippen LogP contribution in [0.2, 0.25) is 0 Å². The number of carboxylic acid groups (broad SMARTS) is 1. The van der Waals surface area contributed by atoms with E-state index in [0.717, 1.165) is 16.3 Å². The van der Waals surface area contributed by atoms with Gasteiger partial charge in [0.05, 0.1) is 28.4 Å². The Bertz CT molecular complexity index is 645. The van der Waals surface area contributed by atoms with Gasteiger partial charge in [-0.15, -0.1) is 11.8 Å². The van der Waals surface area contributed by atoms with Gasteiger partial charge in [0.25, 0.3) is 0 Å². The molecule has 0 atom stereocenters. The van der Waals surface area contributed by atoms with E-state index in [0.29, 0.717) is 5.69 Å². The van der Waals surface area contributed by atoms with Gasteiger partial charge < -0.3 is 10.4 Å². The van der Waals surface area contributed by atoms with E-state index in [-0.39, 0.29) is 17.2 Å². The van der Waals surface area contributed by atoms with Crippen molar-refractivity contribution in [1.82, 2.24) is 10.2 Å². The van der Waals surface area contributed by atoms with Crippen LogP contribution in [0.5, 0.6) is 0 Å². The number of hydrogen-bond acceptors (Lipinski definition) is 4. The zero-order valence-electron chi connectivity index (χ0n) is 11.6. The Morgan fingerprint density at radius 1 is 1.29 bits per heavy atom. The van der Waals surface area contributed by atoms with Gasteiger partial charge in [-0.05, 0) is 38.1 Å². The largest absolute Gasteiger partial charge is 0.478 e. The third-order valence-corrected chi connectivity index (χ3v) is 3.88. The Morgan fingerprint density at radius 3 is 2.48 bits per heavy atom. The van der Waals surface area contributed by atoms with Crippen molar-refractivity contribution in [2.45, 2.75) is 18.7 Å². The van der Waals surface area contributed by atoms with E-state index in [1.807, 2.05) is 13.8 Å². The highest BCUT2D eigenvalue weighted by Crippen LogP contribution is 2.20. The summed E-state index contributed by atoms with van der Waals surface area (Å²) in [6.45, 7) is 3.66. The summed E-state index contributed by atoms with van der Waals surface area (Å²) in [7, 11) is 0. The van der Waals surface area contributed by atoms with Gasteiger partial charge in [0, 0.05) is 4.90 Å². The molecule has 0 radical (unpaired) electrons. The second kappa shape index (κ2) is 6.45. The van der Waals surface area contributed by atoms with Crippen LogP contribution >= 0.6 is 11.8 Å². The number of aromatic amines is 1. The van der Waals surface area contributed by atoms with E-state index in [1.165, 1.54) is 23.9 Å². The second-order valence-electron chi connectivity index (χ2n) is 4.48. The normalized spacial score (nSPS) is 10.4. The third kappa shape index (κ3) is 3.85. The van der Waals surface area contributed by atoms with Crippen molar-refractivity contribution < 1.29 is 14.7 Å². The Hall–Kier alpha value is -2.28. The van der Waals surface area contributed by atoms with Crippen LogP contribution in [0.3, 0.4) is 0 Å². The molecule has 0 aliphatic carbocycles. The van der Waals surface area contributed by atoms with Gasteiger partial charge in [0.2, 0.25) is 5.91 Å². The summed E-state index contributed by atoms with van der Waals surface area (Å²) in [4.78, 5) is 23.5. The molecule has 7 heteroatoms. The summed E-state index contributed by atoms with van der Waals surface area (Å²) < 4.78 is 0. The molecular weight excluding hydrogens is 290 g/mol. The summed E-state index contributed by atoms with van der Waals surface area (Å²) in [5.41, 5.74) is 2.50.